The number of halogens is 2. The third kappa shape index (κ3) is 3.70. The summed E-state index contributed by atoms with van der Waals surface area (Å²) in [5.41, 5.74) is 0. The summed E-state index contributed by atoms with van der Waals surface area (Å²) in [5.74, 6) is 0.633. The van der Waals surface area contributed by atoms with Crippen molar-refractivity contribution < 1.29 is 5.11 Å². The Balaban J connectivity index is 2.42. The lowest BCUT2D eigenvalue weighted by Crippen LogP contribution is -2.04. The topological polar surface area (TPSA) is 45.1 Å². The fraction of sp³-hybridized carbons (Fsp3) is 0.444. The molecule has 0 unspecified atom stereocenters. The molecule has 78 valence electrons. The van der Waals surface area contributed by atoms with Crippen LogP contribution in [-0.2, 0) is 0 Å². The van der Waals surface area contributed by atoms with Gasteiger partial charge in [-0.05, 0) is 18.9 Å². The largest absolute Gasteiger partial charge is 0.396 e. The lowest BCUT2D eigenvalue weighted by atomic mass is 10.3. The lowest BCUT2D eigenvalue weighted by Gasteiger charge is -2.06. The molecule has 2 N–H and O–H groups in total. The molecule has 0 fully saturated rings. The van der Waals surface area contributed by atoms with Crippen LogP contribution in [0.25, 0.3) is 0 Å². The molecule has 14 heavy (non-hydrogen) atoms. The molecule has 0 aliphatic carbocycles. The van der Waals surface area contributed by atoms with Crippen molar-refractivity contribution in [3.05, 3.63) is 22.3 Å². The van der Waals surface area contributed by atoms with Crippen molar-refractivity contribution in [3.63, 3.8) is 0 Å². The van der Waals surface area contributed by atoms with E-state index in [0.717, 1.165) is 19.4 Å². The van der Waals surface area contributed by atoms with E-state index in [4.69, 9.17) is 28.3 Å². The summed E-state index contributed by atoms with van der Waals surface area (Å²) in [6, 6.07) is 1.64. The van der Waals surface area contributed by atoms with Crippen LogP contribution in [-0.4, -0.2) is 23.2 Å². The summed E-state index contributed by atoms with van der Waals surface area (Å²) in [6.45, 7) is 0.957. The van der Waals surface area contributed by atoms with Gasteiger partial charge in [-0.2, -0.15) is 0 Å². The highest BCUT2D eigenvalue weighted by atomic mass is 35.5. The number of pyridine rings is 1. The van der Waals surface area contributed by atoms with Crippen LogP contribution in [0.5, 0.6) is 0 Å². The highest BCUT2D eigenvalue weighted by Crippen LogP contribution is 2.22. The van der Waals surface area contributed by atoms with Crippen molar-refractivity contribution in [2.24, 2.45) is 0 Å². The van der Waals surface area contributed by atoms with Crippen LogP contribution in [0.15, 0.2) is 12.3 Å². The predicted octanol–water partition coefficient (Wildman–Crippen LogP) is 2.57. The van der Waals surface area contributed by atoms with Gasteiger partial charge in [0.05, 0.1) is 10.0 Å². The molecule has 5 heteroatoms. The van der Waals surface area contributed by atoms with Crippen LogP contribution in [0.4, 0.5) is 5.82 Å². The molecule has 0 amide bonds. The van der Waals surface area contributed by atoms with E-state index in [0.29, 0.717) is 15.9 Å². The maximum Gasteiger partial charge on any atom is 0.144 e. The van der Waals surface area contributed by atoms with Gasteiger partial charge in [0, 0.05) is 19.3 Å². The molecule has 1 aromatic rings. The Morgan fingerprint density at radius 1 is 1.36 bits per heavy atom. The molecule has 1 aromatic heterocycles. The quantitative estimate of drug-likeness (QED) is 0.771. The average molecular weight is 235 g/mol. The van der Waals surface area contributed by atoms with Crippen molar-refractivity contribution in [1.29, 1.82) is 0 Å². The van der Waals surface area contributed by atoms with Gasteiger partial charge in [-0.3, -0.25) is 0 Å². The maximum atomic E-state index is 8.57. The normalized spacial score (nSPS) is 10.2. The first kappa shape index (κ1) is 11.6. The van der Waals surface area contributed by atoms with Crippen LogP contribution in [0.2, 0.25) is 10.0 Å². The SMILES string of the molecule is OCCCCNc1ncc(Cl)cc1Cl. The van der Waals surface area contributed by atoms with Gasteiger partial charge in [-0.1, -0.05) is 23.2 Å². The monoisotopic (exact) mass is 234 g/mol. The van der Waals surface area contributed by atoms with Crippen LogP contribution in [0.3, 0.4) is 0 Å². The van der Waals surface area contributed by atoms with Gasteiger partial charge in [0.1, 0.15) is 5.82 Å². The molecule has 0 aliphatic rings. The highest BCUT2D eigenvalue weighted by Gasteiger charge is 2.01. The Kier molecular flexibility index (Phi) is 5.01. The van der Waals surface area contributed by atoms with E-state index in [1.165, 1.54) is 0 Å². The molecule has 0 aromatic carbocycles. The Morgan fingerprint density at radius 3 is 2.79 bits per heavy atom. The molecule has 0 saturated carbocycles. The van der Waals surface area contributed by atoms with Gasteiger partial charge in [0.15, 0.2) is 0 Å². The fourth-order valence-corrected chi connectivity index (χ4v) is 1.44. The Morgan fingerprint density at radius 2 is 2.14 bits per heavy atom. The first-order valence-corrected chi connectivity index (χ1v) is 5.15. The van der Waals surface area contributed by atoms with Gasteiger partial charge in [0.25, 0.3) is 0 Å². The number of hydrogen-bond donors (Lipinski definition) is 2. The van der Waals surface area contributed by atoms with E-state index in [2.05, 4.69) is 10.3 Å². The molecular formula is C9H12Cl2N2O. The maximum absolute atomic E-state index is 8.57. The van der Waals surface area contributed by atoms with E-state index in [1.54, 1.807) is 12.3 Å². The third-order valence-electron chi connectivity index (χ3n) is 1.69. The minimum absolute atomic E-state index is 0.212. The predicted molar refractivity (Wildman–Crippen MR) is 59.1 cm³/mol. The third-order valence-corrected chi connectivity index (χ3v) is 2.18. The molecule has 0 radical (unpaired) electrons. The van der Waals surface area contributed by atoms with Gasteiger partial charge in [0.2, 0.25) is 0 Å². The molecular weight excluding hydrogens is 223 g/mol. The van der Waals surface area contributed by atoms with Crippen molar-refractivity contribution in [2.45, 2.75) is 12.8 Å². The van der Waals surface area contributed by atoms with E-state index in [1.807, 2.05) is 0 Å². The van der Waals surface area contributed by atoms with Gasteiger partial charge in [-0.25, -0.2) is 4.98 Å². The van der Waals surface area contributed by atoms with E-state index < -0.39 is 0 Å². The summed E-state index contributed by atoms with van der Waals surface area (Å²) in [7, 11) is 0. The van der Waals surface area contributed by atoms with Crippen LogP contribution in [0, 0.1) is 0 Å². The number of rotatable bonds is 5. The first-order valence-electron chi connectivity index (χ1n) is 4.40. The second-order valence-corrected chi connectivity index (χ2v) is 3.69. The number of aromatic nitrogens is 1. The second-order valence-electron chi connectivity index (χ2n) is 2.84. The van der Waals surface area contributed by atoms with Gasteiger partial charge in [-0.15, -0.1) is 0 Å². The van der Waals surface area contributed by atoms with Crippen LogP contribution in [0.1, 0.15) is 12.8 Å². The number of unbranched alkanes of at least 4 members (excludes halogenated alkanes) is 1. The van der Waals surface area contributed by atoms with Gasteiger partial charge < -0.3 is 10.4 Å². The molecule has 0 spiro atoms. The van der Waals surface area contributed by atoms with Crippen LogP contribution >= 0.6 is 23.2 Å². The number of nitrogens with one attached hydrogen (secondary N) is 1. The van der Waals surface area contributed by atoms with Crippen molar-refractivity contribution >= 4 is 29.0 Å². The van der Waals surface area contributed by atoms with E-state index in [-0.39, 0.29) is 6.61 Å². The van der Waals surface area contributed by atoms with Crippen molar-refractivity contribution in [1.82, 2.24) is 4.98 Å². The minimum Gasteiger partial charge on any atom is -0.396 e. The lowest BCUT2D eigenvalue weighted by molar-refractivity contribution is 0.286. The number of anilines is 1. The summed E-state index contributed by atoms with van der Waals surface area (Å²) in [6.07, 6.45) is 3.21. The zero-order valence-electron chi connectivity index (χ0n) is 7.63. The van der Waals surface area contributed by atoms with Crippen molar-refractivity contribution in [3.8, 4) is 0 Å². The number of aliphatic hydroxyl groups excluding tert-OH is 1. The Hall–Kier alpha value is -0.510. The molecule has 0 bridgehead atoms. The Labute approximate surface area is 93.1 Å². The highest BCUT2D eigenvalue weighted by molar-refractivity contribution is 6.35. The second kappa shape index (κ2) is 6.06. The van der Waals surface area contributed by atoms with E-state index >= 15 is 0 Å². The zero-order valence-corrected chi connectivity index (χ0v) is 9.15. The molecule has 0 atom stereocenters. The number of hydrogen-bond acceptors (Lipinski definition) is 3. The summed E-state index contributed by atoms with van der Waals surface area (Å²) >= 11 is 11.6. The van der Waals surface area contributed by atoms with Crippen molar-refractivity contribution in [2.75, 3.05) is 18.5 Å². The van der Waals surface area contributed by atoms with Crippen LogP contribution < -0.4 is 5.32 Å². The average Bonchev–Trinajstić information content (AvgIpc) is 2.15. The molecule has 1 rings (SSSR count). The summed E-state index contributed by atoms with van der Waals surface area (Å²) in [5, 5.41) is 12.7. The fourth-order valence-electron chi connectivity index (χ4n) is 0.988. The number of aliphatic hydroxyl groups is 1. The molecule has 1 heterocycles. The first-order chi connectivity index (χ1) is 6.74. The van der Waals surface area contributed by atoms with E-state index in [9.17, 15) is 0 Å². The number of nitrogens with zero attached hydrogens (tertiary/aromatic N) is 1. The molecule has 0 saturated heterocycles. The summed E-state index contributed by atoms with van der Waals surface area (Å²) in [4.78, 5) is 4.04. The zero-order chi connectivity index (χ0) is 10.4. The standard InChI is InChI=1S/C9H12Cl2N2O/c10-7-5-8(11)9(13-6-7)12-3-1-2-4-14/h5-6,14H,1-4H2,(H,12,13). The van der Waals surface area contributed by atoms with Gasteiger partial charge >= 0.3 is 0 Å². The molecule has 3 nitrogen and oxygen atoms in total. The minimum atomic E-state index is 0.212. The Bertz CT molecular complexity index is 294. The smallest absolute Gasteiger partial charge is 0.144 e. The summed E-state index contributed by atoms with van der Waals surface area (Å²) < 4.78 is 0. The molecule has 0 aliphatic heterocycles.